The van der Waals surface area contributed by atoms with Crippen LogP contribution in [0.2, 0.25) is 0 Å². The van der Waals surface area contributed by atoms with Gasteiger partial charge in [-0.15, -0.1) is 0 Å². The number of aliphatic hydroxyl groups is 1. The lowest BCUT2D eigenvalue weighted by Crippen LogP contribution is -2.54. The van der Waals surface area contributed by atoms with E-state index in [-0.39, 0.29) is 6.10 Å². The summed E-state index contributed by atoms with van der Waals surface area (Å²) in [6, 6.07) is 0. The number of rotatable bonds is 10. The lowest BCUT2D eigenvalue weighted by atomic mass is 9.44. The van der Waals surface area contributed by atoms with Gasteiger partial charge in [-0.1, -0.05) is 111 Å². The van der Waals surface area contributed by atoms with Crippen molar-refractivity contribution in [3.63, 3.8) is 0 Å². The Morgan fingerprint density at radius 1 is 0.465 bits per heavy atom. The van der Waals surface area contributed by atoms with Gasteiger partial charge >= 0.3 is 0 Å². The van der Waals surface area contributed by atoms with Crippen molar-refractivity contribution in [3.05, 3.63) is 0 Å². The van der Waals surface area contributed by atoms with Crippen molar-refractivity contribution < 1.29 is 5.11 Å². The normalized spacial score (nSPS) is 47.4. The van der Waals surface area contributed by atoms with Crippen LogP contribution in [0.1, 0.15) is 181 Å². The minimum atomic E-state index is 0.00188. The fourth-order valence-corrected chi connectivity index (χ4v) is 14.0. The summed E-state index contributed by atoms with van der Waals surface area (Å²) < 4.78 is 0. The smallest absolute Gasteiger partial charge is 0.0540 e. The van der Waals surface area contributed by atoms with Gasteiger partial charge in [-0.25, -0.2) is 0 Å². The second-order valence-corrected chi connectivity index (χ2v) is 17.8. The first-order chi connectivity index (χ1) is 21.1. The molecule has 0 aromatic carbocycles. The molecule has 6 aliphatic carbocycles. The maximum Gasteiger partial charge on any atom is 0.0540 e. The molecular weight excluding hydrogens is 520 g/mol. The van der Waals surface area contributed by atoms with Crippen LogP contribution in [0.15, 0.2) is 0 Å². The van der Waals surface area contributed by atoms with Gasteiger partial charge in [0, 0.05) is 0 Å². The molecule has 1 N–H and O–H groups in total. The number of fused-ring (bicyclic) bond motifs is 2. The topological polar surface area (TPSA) is 20.2 Å². The SMILES string of the molecule is CCCC1CC[C@@H](C2C3CCCCC3C(C3CCC(O)CC3)C3CC[C@H](CCCC4CCCCC4CC)CC32)CC1CC. The first-order valence-electron chi connectivity index (χ1n) is 20.8. The van der Waals surface area contributed by atoms with Crippen molar-refractivity contribution >= 4 is 0 Å². The van der Waals surface area contributed by atoms with Gasteiger partial charge in [-0.3, -0.25) is 0 Å². The first-order valence-corrected chi connectivity index (χ1v) is 20.8. The van der Waals surface area contributed by atoms with E-state index >= 15 is 0 Å². The second-order valence-electron chi connectivity index (χ2n) is 17.8. The van der Waals surface area contributed by atoms with Crippen molar-refractivity contribution in [2.45, 2.75) is 187 Å². The first kappa shape index (κ1) is 32.9. The fraction of sp³-hybridized carbons (Fsp3) is 1.00. The lowest BCUT2D eigenvalue weighted by Gasteiger charge is -2.61. The van der Waals surface area contributed by atoms with Crippen LogP contribution in [-0.4, -0.2) is 11.2 Å². The van der Waals surface area contributed by atoms with Crippen LogP contribution >= 0.6 is 0 Å². The molecule has 0 bridgehead atoms. The van der Waals surface area contributed by atoms with E-state index in [9.17, 15) is 5.11 Å². The molecule has 248 valence electrons. The molecule has 6 fully saturated rings. The van der Waals surface area contributed by atoms with Crippen LogP contribution in [0.4, 0.5) is 0 Å². The van der Waals surface area contributed by atoms with Crippen LogP contribution in [0.25, 0.3) is 0 Å². The molecular formula is C42H74O. The summed E-state index contributed by atoms with van der Waals surface area (Å²) in [5.74, 6) is 13.3. The Balaban J connectivity index is 1.20. The van der Waals surface area contributed by atoms with E-state index in [0.717, 1.165) is 89.8 Å². The third-order valence-corrected chi connectivity index (χ3v) is 15.9. The molecule has 0 aromatic heterocycles. The van der Waals surface area contributed by atoms with Crippen LogP contribution in [0.5, 0.6) is 0 Å². The summed E-state index contributed by atoms with van der Waals surface area (Å²) >= 11 is 0. The Bertz CT molecular complexity index is 812. The van der Waals surface area contributed by atoms with Crippen molar-refractivity contribution in [2.75, 3.05) is 0 Å². The standard InChI is InChI=1S/C42H74O/c1-4-12-32-20-21-35(28-31(32)6-3)42-38-18-10-9-17-37(38)41(34-22-24-36(43)25-23-34)39-26-19-29(27-40(39)42)13-11-16-33-15-8-7-14-30(33)5-2/h29-43H,4-28H2,1-3H3/t29-,30?,31?,32?,33?,34?,35+,36?,37?,38?,39?,40?,41?,42?/m0/s1. The summed E-state index contributed by atoms with van der Waals surface area (Å²) in [6.45, 7) is 7.43. The number of aliphatic hydroxyl groups excluding tert-OH is 1. The zero-order valence-corrected chi connectivity index (χ0v) is 29.2. The fourth-order valence-electron chi connectivity index (χ4n) is 14.0. The molecule has 0 aromatic rings. The quantitative estimate of drug-likeness (QED) is 0.267. The van der Waals surface area contributed by atoms with E-state index in [1.54, 1.807) is 64.2 Å². The highest BCUT2D eigenvalue weighted by atomic mass is 16.3. The molecule has 6 aliphatic rings. The van der Waals surface area contributed by atoms with Crippen molar-refractivity contribution in [2.24, 2.45) is 76.9 Å². The molecule has 6 saturated carbocycles. The highest BCUT2D eigenvalue weighted by molar-refractivity contribution is 5.05. The highest BCUT2D eigenvalue weighted by Crippen LogP contribution is 2.63. The van der Waals surface area contributed by atoms with Crippen molar-refractivity contribution in [3.8, 4) is 0 Å². The molecule has 12 atom stereocenters. The Kier molecular flexibility index (Phi) is 12.0. The summed E-state index contributed by atoms with van der Waals surface area (Å²) in [4.78, 5) is 0. The third-order valence-electron chi connectivity index (χ3n) is 15.9. The van der Waals surface area contributed by atoms with Crippen LogP contribution in [-0.2, 0) is 0 Å². The van der Waals surface area contributed by atoms with Gasteiger partial charge < -0.3 is 5.11 Å². The Labute approximate surface area is 268 Å². The van der Waals surface area contributed by atoms with Crippen molar-refractivity contribution in [1.82, 2.24) is 0 Å². The van der Waals surface area contributed by atoms with Crippen molar-refractivity contribution in [1.29, 1.82) is 0 Å². The van der Waals surface area contributed by atoms with Crippen LogP contribution in [0.3, 0.4) is 0 Å². The highest BCUT2D eigenvalue weighted by Gasteiger charge is 2.56. The summed E-state index contributed by atoms with van der Waals surface area (Å²) in [6.07, 6.45) is 37.0. The van der Waals surface area contributed by atoms with E-state index in [4.69, 9.17) is 0 Å². The molecule has 1 nitrogen and oxygen atoms in total. The van der Waals surface area contributed by atoms with Gasteiger partial charge in [-0.05, 0) is 148 Å². The molecule has 0 amide bonds. The Morgan fingerprint density at radius 2 is 1.07 bits per heavy atom. The van der Waals surface area contributed by atoms with Gasteiger partial charge in [0.05, 0.1) is 6.10 Å². The molecule has 0 aliphatic heterocycles. The maximum atomic E-state index is 10.5. The zero-order valence-electron chi connectivity index (χ0n) is 29.2. The summed E-state index contributed by atoms with van der Waals surface area (Å²) in [7, 11) is 0. The number of hydrogen-bond donors (Lipinski definition) is 1. The summed E-state index contributed by atoms with van der Waals surface area (Å²) in [5.41, 5.74) is 0. The molecule has 0 saturated heterocycles. The van der Waals surface area contributed by atoms with E-state index in [2.05, 4.69) is 20.8 Å². The molecule has 0 spiro atoms. The van der Waals surface area contributed by atoms with Crippen LogP contribution in [0, 0.1) is 76.9 Å². The monoisotopic (exact) mass is 595 g/mol. The van der Waals surface area contributed by atoms with E-state index in [1.165, 1.54) is 83.5 Å². The van der Waals surface area contributed by atoms with Gasteiger partial charge in [0.15, 0.2) is 0 Å². The average molecular weight is 595 g/mol. The zero-order chi connectivity index (χ0) is 29.8. The minimum absolute atomic E-state index is 0.00188. The van der Waals surface area contributed by atoms with E-state index in [0.29, 0.717) is 0 Å². The van der Waals surface area contributed by atoms with Gasteiger partial charge in [0.2, 0.25) is 0 Å². The van der Waals surface area contributed by atoms with E-state index in [1.807, 2.05) is 0 Å². The average Bonchev–Trinajstić information content (AvgIpc) is 3.05. The molecule has 0 radical (unpaired) electrons. The Hall–Kier alpha value is -0.0400. The minimum Gasteiger partial charge on any atom is -0.393 e. The predicted octanol–water partition coefficient (Wildman–Crippen LogP) is 12.3. The third kappa shape index (κ3) is 7.43. The molecule has 1 heteroatoms. The largest absolute Gasteiger partial charge is 0.393 e. The van der Waals surface area contributed by atoms with Gasteiger partial charge in [0.1, 0.15) is 0 Å². The molecule has 10 unspecified atom stereocenters. The summed E-state index contributed by atoms with van der Waals surface area (Å²) in [5, 5.41) is 10.5. The van der Waals surface area contributed by atoms with E-state index < -0.39 is 0 Å². The molecule has 0 heterocycles. The number of hydrogen-bond acceptors (Lipinski definition) is 1. The van der Waals surface area contributed by atoms with Gasteiger partial charge in [-0.2, -0.15) is 0 Å². The Morgan fingerprint density at radius 3 is 1.77 bits per heavy atom. The van der Waals surface area contributed by atoms with Gasteiger partial charge in [0.25, 0.3) is 0 Å². The van der Waals surface area contributed by atoms with Crippen LogP contribution < -0.4 is 0 Å². The lowest BCUT2D eigenvalue weighted by molar-refractivity contribution is -0.127. The molecule has 43 heavy (non-hydrogen) atoms. The molecule has 6 rings (SSSR count). The predicted molar refractivity (Wildman–Crippen MR) is 184 cm³/mol. The maximum absolute atomic E-state index is 10.5. The second kappa shape index (κ2) is 15.7.